The third kappa shape index (κ3) is 9.28. The fourth-order valence-electron chi connectivity index (χ4n) is 9.11. The van der Waals surface area contributed by atoms with Crippen LogP contribution < -0.4 is 36.5 Å². The van der Waals surface area contributed by atoms with Crippen LogP contribution in [0.1, 0.15) is 128 Å². The van der Waals surface area contributed by atoms with Crippen LogP contribution in [0.5, 0.6) is 23.0 Å². The summed E-state index contributed by atoms with van der Waals surface area (Å²) in [6, 6.07) is 40.3. The van der Waals surface area contributed by atoms with E-state index in [-0.39, 0.29) is 34.2 Å². The van der Waals surface area contributed by atoms with E-state index < -0.39 is 0 Å². The summed E-state index contributed by atoms with van der Waals surface area (Å²) in [6.45, 7) is 26.6. The van der Waals surface area contributed by atoms with Crippen molar-refractivity contribution in [3.05, 3.63) is 160 Å². The highest BCUT2D eigenvalue weighted by Crippen LogP contribution is 2.42. The summed E-state index contributed by atoms with van der Waals surface area (Å²) in [4.78, 5) is 15.0. The third-order valence-electron chi connectivity index (χ3n) is 13.2. The second-order valence-corrected chi connectivity index (χ2v) is 22.2. The Morgan fingerprint density at radius 3 is 1.32 bits per heavy atom. The maximum Gasteiger partial charge on any atom is 0.260 e. The van der Waals surface area contributed by atoms with Crippen LogP contribution in [0.25, 0.3) is 11.1 Å². The van der Waals surface area contributed by atoms with E-state index in [0.717, 1.165) is 72.8 Å². The molecular formula is C59H67BN6O2. The number of ether oxygens (including phenoxy) is 2. The van der Waals surface area contributed by atoms with Crippen LogP contribution in [0.3, 0.4) is 0 Å². The first-order chi connectivity index (χ1) is 32.0. The van der Waals surface area contributed by atoms with E-state index in [1.54, 1.807) is 7.05 Å². The molecule has 0 spiro atoms. The Morgan fingerprint density at radius 1 is 0.500 bits per heavy atom. The average molecular weight is 903 g/mol. The highest BCUT2D eigenvalue weighted by Gasteiger charge is 2.42. The van der Waals surface area contributed by atoms with E-state index >= 15 is 0 Å². The molecule has 2 heterocycles. The van der Waals surface area contributed by atoms with Crippen molar-refractivity contribution in [1.82, 2.24) is 10.6 Å². The van der Waals surface area contributed by atoms with Crippen molar-refractivity contribution < 1.29 is 9.47 Å². The molecule has 6 aromatic carbocycles. The van der Waals surface area contributed by atoms with Crippen molar-refractivity contribution in [2.45, 2.75) is 105 Å². The first-order valence-electron chi connectivity index (χ1n) is 23.8. The van der Waals surface area contributed by atoms with Crippen LogP contribution in [-0.4, -0.2) is 51.2 Å². The van der Waals surface area contributed by atoms with E-state index in [2.05, 4.69) is 185 Å². The molecule has 2 aliphatic rings. The molecule has 0 saturated carbocycles. The Morgan fingerprint density at radius 2 is 0.912 bits per heavy atom. The predicted octanol–water partition coefficient (Wildman–Crippen LogP) is 11.3. The summed E-state index contributed by atoms with van der Waals surface area (Å²) in [6.07, 6.45) is 0. The standard InChI is InChI=1S/C59H67BN6O2/c1-56(2,3)38-23-19-35(20-24-38)52(61)65-54(63-14)42-17-16-18-43(55(64-15)66-53(62-13)36-21-25-39(26-22-36)57(4,5)6)50(42)37-31-48-51-49(32-37)68-47-30-28-41(59(10,11)12)34-45(47)60(51)44-33-40(58(7,8)9)27-29-46(44)67-48/h16-34H,1-15H3,(H2,61,63,65)(H,62,64,66). The van der Waals surface area contributed by atoms with Gasteiger partial charge in [-0.3, -0.25) is 10.4 Å². The molecule has 9 heteroatoms. The van der Waals surface area contributed by atoms with Crippen LogP contribution >= 0.6 is 0 Å². The van der Waals surface area contributed by atoms with Gasteiger partial charge in [0.15, 0.2) is 11.7 Å². The highest BCUT2D eigenvalue weighted by atomic mass is 16.5. The molecule has 0 fully saturated rings. The Labute approximate surface area is 405 Å². The van der Waals surface area contributed by atoms with Gasteiger partial charge in [-0.05, 0) is 84.7 Å². The molecule has 0 aliphatic carbocycles. The molecule has 0 saturated heterocycles. The predicted molar refractivity (Wildman–Crippen MR) is 288 cm³/mol. The molecule has 2 aliphatic heterocycles. The lowest BCUT2D eigenvalue weighted by molar-refractivity contribution is 0.464. The van der Waals surface area contributed by atoms with Gasteiger partial charge in [0.25, 0.3) is 6.71 Å². The van der Waals surface area contributed by atoms with E-state index in [9.17, 15) is 5.41 Å². The fraction of sp³-hybridized carbons (Fsp3) is 0.322. The number of nitrogens with one attached hydrogen (secondary N) is 3. The second kappa shape index (κ2) is 17.7. The van der Waals surface area contributed by atoms with Crippen LogP contribution in [0.2, 0.25) is 0 Å². The number of nitrogens with zero attached hydrogens (tertiary/aromatic N) is 3. The van der Waals surface area contributed by atoms with E-state index in [4.69, 9.17) is 24.5 Å². The minimum absolute atomic E-state index is 0.00608. The number of rotatable bonds is 5. The van der Waals surface area contributed by atoms with Gasteiger partial charge in [0.2, 0.25) is 0 Å². The van der Waals surface area contributed by atoms with Gasteiger partial charge in [-0.25, -0.2) is 9.98 Å². The first kappa shape index (κ1) is 47.7. The molecule has 8 nitrogen and oxygen atoms in total. The molecule has 0 radical (unpaired) electrons. The van der Waals surface area contributed by atoms with Crippen molar-refractivity contribution in [3.8, 4) is 34.1 Å². The first-order valence-corrected chi connectivity index (χ1v) is 23.8. The van der Waals surface area contributed by atoms with Crippen LogP contribution in [0.4, 0.5) is 0 Å². The monoisotopic (exact) mass is 903 g/mol. The van der Waals surface area contributed by atoms with Gasteiger partial charge in [-0.15, -0.1) is 0 Å². The zero-order valence-electron chi connectivity index (χ0n) is 42.7. The molecule has 68 heavy (non-hydrogen) atoms. The number of benzene rings is 6. The summed E-state index contributed by atoms with van der Waals surface area (Å²) < 4.78 is 14.0. The average Bonchev–Trinajstić information content (AvgIpc) is 3.29. The molecule has 6 aromatic rings. The Hall–Kier alpha value is -6.74. The lowest BCUT2D eigenvalue weighted by Gasteiger charge is -2.35. The molecular weight excluding hydrogens is 836 g/mol. The van der Waals surface area contributed by atoms with Crippen LogP contribution in [0.15, 0.2) is 130 Å². The van der Waals surface area contributed by atoms with Crippen LogP contribution in [-0.2, 0) is 21.7 Å². The van der Waals surface area contributed by atoms with E-state index in [1.165, 1.54) is 22.3 Å². The molecule has 0 unspecified atom stereocenters. The van der Waals surface area contributed by atoms with Crippen LogP contribution in [0, 0.1) is 5.41 Å². The Kier molecular flexibility index (Phi) is 12.4. The second-order valence-electron chi connectivity index (χ2n) is 22.2. The maximum absolute atomic E-state index is 9.30. The summed E-state index contributed by atoms with van der Waals surface area (Å²) in [5.74, 6) is 4.94. The molecule has 348 valence electrons. The number of fused-ring (bicyclic) bond motifs is 4. The number of aliphatic imine (C=N–C) groups is 3. The van der Waals surface area contributed by atoms with Gasteiger partial charge in [0.05, 0.1) is 0 Å². The summed E-state index contributed by atoms with van der Waals surface area (Å²) >= 11 is 0. The van der Waals surface area contributed by atoms with Crippen molar-refractivity contribution in [1.29, 1.82) is 5.41 Å². The number of hydrogen-bond donors (Lipinski definition) is 3. The molecule has 0 aromatic heterocycles. The van der Waals surface area contributed by atoms with E-state index in [0.29, 0.717) is 17.5 Å². The van der Waals surface area contributed by atoms with Gasteiger partial charge < -0.3 is 20.1 Å². The van der Waals surface area contributed by atoms with Crippen molar-refractivity contribution in [3.63, 3.8) is 0 Å². The molecule has 0 amide bonds. The lowest BCUT2D eigenvalue weighted by Crippen LogP contribution is -2.57. The summed E-state index contributed by atoms with van der Waals surface area (Å²) in [5, 5.41) is 16.1. The molecule has 0 atom stereocenters. The molecule has 8 rings (SSSR count). The normalized spacial score (nSPS) is 14.0. The maximum atomic E-state index is 9.30. The van der Waals surface area contributed by atoms with Gasteiger partial charge in [0.1, 0.15) is 34.7 Å². The van der Waals surface area contributed by atoms with Crippen molar-refractivity contribution in [2.75, 3.05) is 21.1 Å². The third-order valence-corrected chi connectivity index (χ3v) is 13.2. The van der Waals surface area contributed by atoms with E-state index in [1.807, 2.05) is 38.4 Å². The smallest absolute Gasteiger partial charge is 0.260 e. The fourth-order valence-corrected chi connectivity index (χ4v) is 9.11. The SMILES string of the molecule is C/N=C(\N=C(/NC)c1cccc(/C(=N/C(=N)c2ccc(C(C)(C)C)cc2)NC)c1-c1cc2c3c(c1)Oc1ccc(C(C)(C)C)cc1B3c1cc(C(C)(C)C)ccc1O2)c1ccc(C(C)(C)C)cc1. The van der Waals surface area contributed by atoms with Gasteiger partial charge >= 0.3 is 0 Å². The molecule has 0 bridgehead atoms. The zero-order chi connectivity index (χ0) is 49.1. The minimum Gasteiger partial charge on any atom is -0.458 e. The quantitative estimate of drug-likeness (QED) is 0.0909. The van der Waals surface area contributed by atoms with Gasteiger partial charge in [0, 0.05) is 54.4 Å². The molecule has 3 N–H and O–H groups in total. The number of amidine groups is 4. The largest absolute Gasteiger partial charge is 0.458 e. The topological polar surface area (TPSA) is 103 Å². The summed E-state index contributed by atoms with van der Waals surface area (Å²) in [7, 11) is 5.51. The highest BCUT2D eigenvalue weighted by molar-refractivity contribution is 6.98. The number of hydrogen-bond acceptors (Lipinski definition) is 4. The Bertz CT molecular complexity index is 2940. The summed E-state index contributed by atoms with van der Waals surface area (Å²) in [5.41, 5.74) is 12.9. The zero-order valence-corrected chi connectivity index (χ0v) is 42.7. The van der Waals surface area contributed by atoms with Crippen molar-refractivity contribution in [2.24, 2.45) is 15.0 Å². The minimum atomic E-state index is -0.122. The van der Waals surface area contributed by atoms with Gasteiger partial charge in [-0.2, -0.15) is 0 Å². The van der Waals surface area contributed by atoms with Crippen molar-refractivity contribution >= 4 is 46.4 Å². The lowest BCUT2D eigenvalue weighted by atomic mass is 9.34. The Balaban J connectivity index is 1.36. The van der Waals surface area contributed by atoms with Gasteiger partial charge in [-0.1, -0.05) is 174 Å².